The Kier molecular flexibility index (Phi) is 3.60. The molecule has 0 saturated carbocycles. The van der Waals surface area contributed by atoms with Crippen molar-refractivity contribution in [3.8, 4) is 11.5 Å². The van der Waals surface area contributed by atoms with Crippen molar-refractivity contribution in [2.24, 2.45) is 0 Å². The molecule has 0 aromatic heterocycles. The number of ether oxygens (including phenoxy) is 2. The number of benzene rings is 2. The minimum absolute atomic E-state index is 0.617. The standard InChI is InChI=1S/C18H20O3/c1-20-15-8-6-14(7-9-15)18(19)11-10-16-13(12-18)4-3-5-17(16)21-2/h3-9,19H,10-12H2,1-2H3/t18-/m1/s1. The van der Waals surface area contributed by atoms with Crippen molar-refractivity contribution in [1.82, 2.24) is 0 Å². The molecule has 0 radical (unpaired) electrons. The second-order valence-corrected chi connectivity index (χ2v) is 5.53. The third kappa shape index (κ3) is 2.49. The summed E-state index contributed by atoms with van der Waals surface area (Å²) in [5.41, 5.74) is 2.51. The number of methoxy groups -OCH3 is 2. The van der Waals surface area contributed by atoms with Gasteiger partial charge < -0.3 is 14.6 Å². The van der Waals surface area contributed by atoms with Gasteiger partial charge in [0.2, 0.25) is 0 Å². The van der Waals surface area contributed by atoms with Crippen LogP contribution in [0.25, 0.3) is 0 Å². The lowest BCUT2D eigenvalue weighted by molar-refractivity contribution is 0.0219. The van der Waals surface area contributed by atoms with Gasteiger partial charge >= 0.3 is 0 Å². The minimum atomic E-state index is -0.814. The Bertz CT molecular complexity index is 633. The van der Waals surface area contributed by atoms with Gasteiger partial charge in [0.1, 0.15) is 11.5 Å². The predicted octanol–water partition coefficient (Wildman–Crippen LogP) is 3.08. The molecule has 1 N–H and O–H groups in total. The molecule has 2 aromatic carbocycles. The molecular weight excluding hydrogens is 264 g/mol. The molecular formula is C18H20O3. The maximum Gasteiger partial charge on any atom is 0.122 e. The van der Waals surface area contributed by atoms with E-state index in [9.17, 15) is 5.11 Å². The molecule has 1 atom stereocenters. The topological polar surface area (TPSA) is 38.7 Å². The van der Waals surface area contributed by atoms with Gasteiger partial charge in [0.05, 0.1) is 19.8 Å². The first-order valence-corrected chi connectivity index (χ1v) is 7.18. The fraction of sp³-hybridized carbons (Fsp3) is 0.333. The van der Waals surface area contributed by atoms with Crippen LogP contribution in [0, 0.1) is 0 Å². The molecule has 3 heteroatoms. The van der Waals surface area contributed by atoms with Crippen molar-refractivity contribution >= 4 is 0 Å². The highest BCUT2D eigenvalue weighted by Crippen LogP contribution is 2.39. The maximum atomic E-state index is 11.0. The number of rotatable bonds is 3. The molecule has 3 nitrogen and oxygen atoms in total. The van der Waals surface area contributed by atoms with Crippen LogP contribution >= 0.6 is 0 Å². The molecule has 0 amide bonds. The predicted molar refractivity (Wildman–Crippen MR) is 81.9 cm³/mol. The van der Waals surface area contributed by atoms with E-state index in [-0.39, 0.29) is 0 Å². The summed E-state index contributed by atoms with van der Waals surface area (Å²) in [6.45, 7) is 0. The smallest absolute Gasteiger partial charge is 0.122 e. The lowest BCUT2D eigenvalue weighted by Crippen LogP contribution is -2.33. The average molecular weight is 284 g/mol. The third-order valence-corrected chi connectivity index (χ3v) is 4.35. The third-order valence-electron chi connectivity index (χ3n) is 4.35. The molecule has 0 saturated heterocycles. The van der Waals surface area contributed by atoms with Gasteiger partial charge in [0.15, 0.2) is 0 Å². The Morgan fingerprint density at radius 3 is 2.43 bits per heavy atom. The largest absolute Gasteiger partial charge is 0.497 e. The number of hydrogen-bond donors (Lipinski definition) is 1. The van der Waals surface area contributed by atoms with Crippen molar-refractivity contribution in [3.63, 3.8) is 0 Å². The van der Waals surface area contributed by atoms with Crippen molar-refractivity contribution in [2.75, 3.05) is 14.2 Å². The zero-order valence-corrected chi connectivity index (χ0v) is 12.4. The van der Waals surface area contributed by atoms with Gasteiger partial charge in [0.25, 0.3) is 0 Å². The van der Waals surface area contributed by atoms with Crippen LogP contribution in [0.1, 0.15) is 23.1 Å². The van der Waals surface area contributed by atoms with Gasteiger partial charge in [-0.05, 0) is 47.7 Å². The van der Waals surface area contributed by atoms with Crippen LogP contribution in [0.5, 0.6) is 11.5 Å². The summed E-state index contributed by atoms with van der Waals surface area (Å²) >= 11 is 0. The van der Waals surface area contributed by atoms with Gasteiger partial charge in [-0.1, -0.05) is 24.3 Å². The molecule has 0 spiro atoms. The van der Waals surface area contributed by atoms with E-state index >= 15 is 0 Å². The Morgan fingerprint density at radius 1 is 1.00 bits per heavy atom. The molecule has 110 valence electrons. The van der Waals surface area contributed by atoms with E-state index in [2.05, 4.69) is 6.07 Å². The lowest BCUT2D eigenvalue weighted by atomic mass is 9.76. The molecule has 1 aliphatic rings. The van der Waals surface area contributed by atoms with E-state index in [0.717, 1.165) is 23.5 Å². The van der Waals surface area contributed by atoms with Crippen LogP contribution < -0.4 is 9.47 Å². The van der Waals surface area contributed by atoms with Crippen LogP contribution in [0.3, 0.4) is 0 Å². The van der Waals surface area contributed by atoms with Gasteiger partial charge in [-0.15, -0.1) is 0 Å². The molecule has 2 aromatic rings. The van der Waals surface area contributed by atoms with Crippen molar-refractivity contribution in [3.05, 3.63) is 59.2 Å². The normalized spacial score (nSPS) is 20.7. The highest BCUT2D eigenvalue weighted by molar-refractivity contribution is 5.44. The first-order valence-electron chi connectivity index (χ1n) is 7.18. The van der Waals surface area contributed by atoms with E-state index in [4.69, 9.17) is 9.47 Å². The monoisotopic (exact) mass is 284 g/mol. The van der Waals surface area contributed by atoms with Crippen LogP contribution in [0.4, 0.5) is 0 Å². The van der Waals surface area contributed by atoms with Gasteiger partial charge in [-0.2, -0.15) is 0 Å². The van der Waals surface area contributed by atoms with E-state index in [0.29, 0.717) is 12.8 Å². The van der Waals surface area contributed by atoms with Gasteiger partial charge in [-0.3, -0.25) is 0 Å². The molecule has 21 heavy (non-hydrogen) atoms. The summed E-state index contributed by atoms with van der Waals surface area (Å²) in [4.78, 5) is 0. The Hall–Kier alpha value is -2.00. The quantitative estimate of drug-likeness (QED) is 0.941. The minimum Gasteiger partial charge on any atom is -0.497 e. The maximum absolute atomic E-state index is 11.0. The molecule has 0 fully saturated rings. The highest BCUT2D eigenvalue weighted by atomic mass is 16.5. The SMILES string of the molecule is COc1ccc([C@@]2(O)CCc3c(cccc3OC)C2)cc1. The van der Waals surface area contributed by atoms with Crippen LogP contribution in [0.2, 0.25) is 0 Å². The van der Waals surface area contributed by atoms with E-state index in [1.807, 2.05) is 36.4 Å². The molecule has 1 aliphatic carbocycles. The Balaban J connectivity index is 1.93. The Morgan fingerprint density at radius 2 is 1.76 bits per heavy atom. The fourth-order valence-corrected chi connectivity index (χ4v) is 3.13. The summed E-state index contributed by atoms with van der Waals surface area (Å²) < 4.78 is 10.6. The number of fused-ring (bicyclic) bond motifs is 1. The molecule has 0 unspecified atom stereocenters. The molecule has 0 bridgehead atoms. The number of hydrogen-bond acceptors (Lipinski definition) is 3. The second kappa shape index (κ2) is 5.41. The van der Waals surface area contributed by atoms with E-state index in [1.54, 1.807) is 14.2 Å². The summed E-state index contributed by atoms with van der Waals surface area (Å²) in [7, 11) is 3.34. The first-order chi connectivity index (χ1) is 10.2. The summed E-state index contributed by atoms with van der Waals surface area (Å²) in [5.74, 6) is 1.73. The zero-order chi connectivity index (χ0) is 14.9. The molecule has 0 aliphatic heterocycles. The second-order valence-electron chi connectivity index (χ2n) is 5.53. The molecule has 3 rings (SSSR count). The summed E-state index contributed by atoms with van der Waals surface area (Å²) in [6.07, 6.45) is 2.14. The van der Waals surface area contributed by atoms with Crippen molar-refractivity contribution in [1.29, 1.82) is 0 Å². The van der Waals surface area contributed by atoms with Crippen molar-refractivity contribution < 1.29 is 14.6 Å². The van der Waals surface area contributed by atoms with Crippen LogP contribution in [-0.2, 0) is 18.4 Å². The zero-order valence-electron chi connectivity index (χ0n) is 12.4. The fourth-order valence-electron chi connectivity index (χ4n) is 3.13. The van der Waals surface area contributed by atoms with E-state index in [1.165, 1.54) is 11.1 Å². The van der Waals surface area contributed by atoms with E-state index < -0.39 is 5.60 Å². The first kappa shape index (κ1) is 14.0. The molecule has 0 heterocycles. The summed E-state index contributed by atoms with van der Waals surface area (Å²) in [5, 5.41) is 11.0. The van der Waals surface area contributed by atoms with Gasteiger partial charge in [0, 0.05) is 6.42 Å². The number of aliphatic hydroxyl groups is 1. The lowest BCUT2D eigenvalue weighted by Gasteiger charge is -2.34. The van der Waals surface area contributed by atoms with Crippen molar-refractivity contribution in [2.45, 2.75) is 24.9 Å². The highest BCUT2D eigenvalue weighted by Gasteiger charge is 2.34. The van der Waals surface area contributed by atoms with Crippen LogP contribution in [0.15, 0.2) is 42.5 Å². The van der Waals surface area contributed by atoms with Crippen LogP contribution in [-0.4, -0.2) is 19.3 Å². The average Bonchev–Trinajstić information content (AvgIpc) is 2.54. The van der Waals surface area contributed by atoms with Gasteiger partial charge in [-0.25, -0.2) is 0 Å². The Labute approximate surface area is 125 Å². The summed E-state index contributed by atoms with van der Waals surface area (Å²) in [6, 6.07) is 13.7.